The molecule has 6 heteroatoms. The third-order valence-electron chi connectivity index (χ3n) is 1.72. The molecular formula is C12H24N2O3S. The van der Waals surface area contributed by atoms with Crippen molar-refractivity contribution < 1.29 is 14.3 Å². The maximum absolute atomic E-state index is 11.5. The fraction of sp³-hybridized carbons (Fsp3) is 0.833. The molecule has 0 rings (SSSR count). The van der Waals surface area contributed by atoms with Gasteiger partial charge in [-0.3, -0.25) is 4.79 Å². The van der Waals surface area contributed by atoms with Gasteiger partial charge in [-0.05, 0) is 20.8 Å². The highest BCUT2D eigenvalue weighted by molar-refractivity contribution is 8.00. The molecule has 18 heavy (non-hydrogen) atoms. The molecular weight excluding hydrogens is 252 g/mol. The molecule has 2 amide bonds. The second-order valence-electron chi connectivity index (χ2n) is 6.02. The summed E-state index contributed by atoms with van der Waals surface area (Å²) in [5.74, 6) is -0.129. The summed E-state index contributed by atoms with van der Waals surface area (Å²) in [6.07, 6.45) is -0.624. The normalized spacial score (nSPS) is 13.9. The van der Waals surface area contributed by atoms with Crippen LogP contribution in [0.4, 0.5) is 4.79 Å². The predicted octanol–water partition coefficient (Wildman–Crippen LogP) is 1.90. The molecule has 0 saturated heterocycles. The van der Waals surface area contributed by atoms with Gasteiger partial charge >= 0.3 is 6.09 Å². The van der Waals surface area contributed by atoms with Crippen molar-refractivity contribution in [1.29, 1.82) is 0 Å². The Morgan fingerprint density at radius 3 is 2.06 bits per heavy atom. The van der Waals surface area contributed by atoms with Crippen molar-refractivity contribution >= 4 is 23.8 Å². The Balaban J connectivity index is 4.37. The lowest BCUT2D eigenvalue weighted by Gasteiger charge is -2.24. The molecule has 0 aliphatic carbocycles. The lowest BCUT2D eigenvalue weighted by Crippen LogP contribution is -2.48. The third kappa shape index (κ3) is 9.15. The zero-order valence-electron chi connectivity index (χ0n) is 12.0. The first-order valence-corrected chi connectivity index (χ1v) is 6.82. The molecule has 0 fully saturated rings. The lowest BCUT2D eigenvalue weighted by molar-refractivity contribution is -0.119. The Labute approximate surface area is 113 Å². The van der Waals surface area contributed by atoms with Crippen LogP contribution in [0.1, 0.15) is 41.5 Å². The maximum atomic E-state index is 11.5. The molecule has 0 heterocycles. The number of hydrogen-bond donors (Lipinski definition) is 2. The van der Waals surface area contributed by atoms with E-state index >= 15 is 0 Å². The summed E-state index contributed by atoms with van der Waals surface area (Å²) in [5, 5.41) is 2.49. The molecule has 0 aromatic heterocycles. The SMILES string of the molecule is CC(C)(C)OC(=O)N[C@@H](CSC(C)(C)C)C(N)=O. The number of alkyl carbamates (subject to hydrolysis) is 1. The standard InChI is InChI=1S/C12H24N2O3S/c1-11(2,3)17-10(16)14-8(9(13)15)7-18-12(4,5)6/h8H,7H2,1-6H3,(H2,13,15)(H,14,16)/t8-/m0/s1. The summed E-state index contributed by atoms with van der Waals surface area (Å²) in [4.78, 5) is 22.8. The number of hydrogen-bond acceptors (Lipinski definition) is 4. The van der Waals surface area contributed by atoms with Gasteiger partial charge in [0.15, 0.2) is 0 Å². The number of rotatable bonds is 4. The van der Waals surface area contributed by atoms with Crippen molar-refractivity contribution in [1.82, 2.24) is 5.32 Å². The molecule has 0 saturated carbocycles. The minimum absolute atomic E-state index is 0.00329. The third-order valence-corrected chi connectivity index (χ3v) is 3.08. The number of ether oxygens (including phenoxy) is 1. The second kappa shape index (κ2) is 6.31. The first-order chi connectivity index (χ1) is 7.91. The Morgan fingerprint density at radius 2 is 1.72 bits per heavy atom. The number of carbonyl (C=O) groups is 2. The molecule has 0 bridgehead atoms. The van der Waals surface area contributed by atoms with Gasteiger partial charge in [-0.25, -0.2) is 4.79 Å². The van der Waals surface area contributed by atoms with Gasteiger partial charge in [-0.15, -0.1) is 0 Å². The molecule has 0 unspecified atom stereocenters. The average molecular weight is 276 g/mol. The van der Waals surface area contributed by atoms with Crippen molar-refractivity contribution in [3.63, 3.8) is 0 Å². The summed E-state index contributed by atoms with van der Waals surface area (Å²) in [6, 6.07) is -0.718. The summed E-state index contributed by atoms with van der Waals surface area (Å²) < 4.78 is 5.09. The summed E-state index contributed by atoms with van der Waals surface area (Å²) in [6.45, 7) is 11.4. The molecule has 1 atom stereocenters. The Bertz CT molecular complexity index is 305. The van der Waals surface area contributed by atoms with E-state index in [4.69, 9.17) is 10.5 Å². The first-order valence-electron chi connectivity index (χ1n) is 5.83. The lowest BCUT2D eigenvalue weighted by atomic mass is 10.2. The van der Waals surface area contributed by atoms with E-state index in [0.29, 0.717) is 5.75 Å². The Hall–Kier alpha value is -0.910. The van der Waals surface area contributed by atoms with Gasteiger partial charge in [0.25, 0.3) is 0 Å². The van der Waals surface area contributed by atoms with E-state index in [1.807, 2.05) is 20.8 Å². The van der Waals surface area contributed by atoms with Gasteiger partial charge < -0.3 is 15.8 Å². The fourth-order valence-electron chi connectivity index (χ4n) is 0.978. The van der Waals surface area contributed by atoms with Crippen LogP contribution in [-0.4, -0.2) is 34.1 Å². The van der Waals surface area contributed by atoms with E-state index in [0.717, 1.165) is 0 Å². The Morgan fingerprint density at radius 1 is 1.22 bits per heavy atom. The predicted molar refractivity (Wildman–Crippen MR) is 74.6 cm³/mol. The molecule has 106 valence electrons. The quantitative estimate of drug-likeness (QED) is 0.821. The largest absolute Gasteiger partial charge is 0.444 e. The van der Waals surface area contributed by atoms with E-state index in [2.05, 4.69) is 5.32 Å². The molecule has 0 aromatic carbocycles. The maximum Gasteiger partial charge on any atom is 0.408 e. The van der Waals surface area contributed by atoms with Crippen molar-refractivity contribution in [3.8, 4) is 0 Å². The van der Waals surface area contributed by atoms with Crippen molar-refractivity contribution in [3.05, 3.63) is 0 Å². The van der Waals surface area contributed by atoms with Gasteiger partial charge in [-0.1, -0.05) is 20.8 Å². The van der Waals surface area contributed by atoms with Crippen LogP contribution in [0, 0.1) is 0 Å². The summed E-state index contributed by atoms with van der Waals surface area (Å²) >= 11 is 1.56. The number of amides is 2. The number of nitrogens with one attached hydrogen (secondary N) is 1. The van der Waals surface area contributed by atoms with E-state index in [9.17, 15) is 9.59 Å². The smallest absolute Gasteiger partial charge is 0.408 e. The molecule has 5 nitrogen and oxygen atoms in total. The van der Waals surface area contributed by atoms with E-state index in [-0.39, 0.29) is 4.75 Å². The minimum atomic E-state index is -0.718. The highest BCUT2D eigenvalue weighted by Crippen LogP contribution is 2.23. The van der Waals surface area contributed by atoms with E-state index < -0.39 is 23.6 Å². The molecule has 0 aliphatic rings. The summed E-state index contributed by atoms with van der Waals surface area (Å²) in [5.41, 5.74) is 4.66. The zero-order chi connectivity index (χ0) is 14.6. The van der Waals surface area contributed by atoms with Crippen LogP contribution in [0.3, 0.4) is 0 Å². The van der Waals surface area contributed by atoms with Gasteiger partial charge in [0, 0.05) is 10.5 Å². The first kappa shape index (κ1) is 17.1. The topological polar surface area (TPSA) is 81.4 Å². The van der Waals surface area contributed by atoms with Crippen LogP contribution in [0.15, 0.2) is 0 Å². The van der Waals surface area contributed by atoms with Crippen molar-refractivity contribution in [2.24, 2.45) is 5.73 Å². The molecule has 0 aromatic rings. The molecule has 0 spiro atoms. The number of primary amides is 1. The number of thioether (sulfide) groups is 1. The number of nitrogens with two attached hydrogens (primary N) is 1. The highest BCUT2D eigenvalue weighted by Gasteiger charge is 2.24. The number of carbonyl (C=O) groups excluding carboxylic acids is 2. The van der Waals surface area contributed by atoms with Crippen molar-refractivity contribution in [2.75, 3.05) is 5.75 Å². The Kier molecular flexibility index (Phi) is 5.99. The average Bonchev–Trinajstić information content (AvgIpc) is 2.06. The van der Waals surface area contributed by atoms with E-state index in [1.54, 1.807) is 32.5 Å². The fourth-order valence-corrected chi connectivity index (χ4v) is 1.89. The molecule has 3 N–H and O–H groups in total. The summed E-state index contributed by atoms with van der Waals surface area (Å²) in [7, 11) is 0. The monoisotopic (exact) mass is 276 g/mol. The van der Waals surface area contributed by atoms with Gasteiger partial charge in [-0.2, -0.15) is 11.8 Å². The van der Waals surface area contributed by atoms with Crippen LogP contribution in [-0.2, 0) is 9.53 Å². The molecule has 0 aliphatic heterocycles. The van der Waals surface area contributed by atoms with Crippen molar-refractivity contribution in [2.45, 2.75) is 57.9 Å². The minimum Gasteiger partial charge on any atom is -0.444 e. The van der Waals surface area contributed by atoms with Crippen LogP contribution in [0.5, 0.6) is 0 Å². The van der Waals surface area contributed by atoms with Gasteiger partial charge in [0.1, 0.15) is 11.6 Å². The van der Waals surface area contributed by atoms with Crippen LogP contribution < -0.4 is 11.1 Å². The zero-order valence-corrected chi connectivity index (χ0v) is 12.8. The molecule has 0 radical (unpaired) electrons. The highest BCUT2D eigenvalue weighted by atomic mass is 32.2. The van der Waals surface area contributed by atoms with Crippen LogP contribution in [0.25, 0.3) is 0 Å². The van der Waals surface area contributed by atoms with E-state index in [1.165, 1.54) is 0 Å². The van der Waals surface area contributed by atoms with Gasteiger partial charge in [0.05, 0.1) is 0 Å². The van der Waals surface area contributed by atoms with Gasteiger partial charge in [0.2, 0.25) is 5.91 Å². The van der Waals surface area contributed by atoms with Crippen LogP contribution in [0.2, 0.25) is 0 Å². The van der Waals surface area contributed by atoms with Crippen LogP contribution >= 0.6 is 11.8 Å². The second-order valence-corrected chi connectivity index (χ2v) is 7.87.